The Morgan fingerprint density at radius 3 is 2.28 bits per heavy atom. The zero-order chi connectivity index (χ0) is 21.7. The van der Waals surface area contributed by atoms with Crippen LogP contribution in [0, 0.1) is 10.1 Å². The molecule has 0 fully saturated rings. The van der Waals surface area contributed by atoms with Crippen LogP contribution in [0.5, 0.6) is 0 Å². The molecule has 0 amide bonds. The minimum absolute atomic E-state index is 0.0320. The van der Waals surface area contributed by atoms with Gasteiger partial charge in [-0.2, -0.15) is 13.2 Å². The Hall–Kier alpha value is -1.04. The van der Waals surface area contributed by atoms with Gasteiger partial charge in [-0.15, -0.1) is 0 Å². The summed E-state index contributed by atoms with van der Waals surface area (Å²) in [6.07, 6.45) is -7.46. The Balaban J connectivity index is 2.50. The van der Waals surface area contributed by atoms with Crippen molar-refractivity contribution < 1.29 is 27.2 Å². The van der Waals surface area contributed by atoms with Crippen molar-refractivity contribution >= 4 is 56.0 Å². The maximum absolute atomic E-state index is 13.8. The number of nitrogens with one attached hydrogen (secondary N) is 2. The fourth-order valence-electron chi connectivity index (χ4n) is 2.56. The van der Waals surface area contributed by atoms with Gasteiger partial charge in [0, 0.05) is 29.8 Å². The van der Waals surface area contributed by atoms with Crippen LogP contribution >= 0.6 is 39.5 Å². The second kappa shape index (κ2) is 10.3. The quantitative estimate of drug-likeness (QED) is 0.173. The molecule has 2 aromatic rings. The third-order valence-corrected chi connectivity index (χ3v) is 6.34. The molecule has 2 N–H and O–H groups in total. The van der Waals surface area contributed by atoms with Gasteiger partial charge in [0.15, 0.2) is 6.10 Å². The lowest BCUT2D eigenvalue weighted by Crippen LogP contribution is -2.32. The number of benzene rings is 2. The SMILES string of the molecule is O=[N+]([O-])c1cccc2ccc(C(OP(=O)(NCCBr)NCCBr)C(F)(F)F)cc12. The summed E-state index contributed by atoms with van der Waals surface area (Å²) in [5.41, 5.74) is -0.718. The highest BCUT2D eigenvalue weighted by Crippen LogP contribution is 2.49. The van der Waals surface area contributed by atoms with Gasteiger partial charge in [-0.3, -0.25) is 19.2 Å². The predicted octanol–water partition coefficient (Wildman–Crippen LogP) is 5.45. The Morgan fingerprint density at radius 1 is 1.14 bits per heavy atom. The summed E-state index contributed by atoms with van der Waals surface area (Å²) in [7, 11) is -4.08. The lowest BCUT2D eigenvalue weighted by Gasteiger charge is -2.27. The number of fused-ring (bicyclic) bond motifs is 1. The Bertz CT molecular complexity index is 905. The first-order valence-electron chi connectivity index (χ1n) is 8.25. The maximum Gasteiger partial charge on any atom is 0.419 e. The summed E-state index contributed by atoms with van der Waals surface area (Å²) in [6, 6.07) is 7.74. The molecule has 0 radical (unpaired) electrons. The van der Waals surface area contributed by atoms with Crippen LogP contribution in [0.15, 0.2) is 36.4 Å². The lowest BCUT2D eigenvalue weighted by atomic mass is 10.0. The van der Waals surface area contributed by atoms with E-state index < -0.39 is 24.9 Å². The normalized spacial score (nSPS) is 13.6. The van der Waals surface area contributed by atoms with Crippen molar-refractivity contribution in [3.8, 4) is 0 Å². The molecular formula is C16H17Br2F3N3O4P. The first-order valence-corrected chi connectivity index (χ1v) is 12.1. The van der Waals surface area contributed by atoms with Crippen LogP contribution in [-0.2, 0) is 9.09 Å². The van der Waals surface area contributed by atoms with Crippen molar-refractivity contribution in [1.29, 1.82) is 0 Å². The van der Waals surface area contributed by atoms with E-state index >= 15 is 0 Å². The zero-order valence-electron chi connectivity index (χ0n) is 14.8. The monoisotopic (exact) mass is 561 g/mol. The standard InChI is InChI=1S/C16H17Br2F3N3O4P/c17-6-8-22-29(27,23-9-7-18)28-15(16(19,20)21)12-5-4-11-2-1-3-14(24(25)26)13(11)10-12/h1-5,10,15H,6-9H2,(H2,22,23,27). The summed E-state index contributed by atoms with van der Waals surface area (Å²) in [5.74, 6) is 0. The number of nitrogens with zero attached hydrogens (tertiary/aromatic N) is 1. The van der Waals surface area contributed by atoms with Crippen molar-refractivity contribution in [3.63, 3.8) is 0 Å². The van der Waals surface area contributed by atoms with Gasteiger partial charge in [0.05, 0.1) is 10.3 Å². The van der Waals surface area contributed by atoms with E-state index in [1.807, 2.05) is 0 Å². The van der Waals surface area contributed by atoms with Gasteiger partial charge in [0.25, 0.3) is 5.69 Å². The smallest absolute Gasteiger partial charge is 0.288 e. The van der Waals surface area contributed by atoms with E-state index in [1.54, 1.807) is 6.07 Å². The molecule has 0 aliphatic heterocycles. The van der Waals surface area contributed by atoms with Gasteiger partial charge in [-0.1, -0.05) is 56.1 Å². The second-order valence-corrected chi connectivity index (χ2v) is 9.32. The summed E-state index contributed by atoms with van der Waals surface area (Å²) in [6.45, 7) is 0.195. The number of alkyl halides is 5. The highest BCUT2D eigenvalue weighted by Gasteiger charge is 2.46. The van der Waals surface area contributed by atoms with E-state index in [1.165, 1.54) is 18.2 Å². The number of halogens is 5. The van der Waals surface area contributed by atoms with Gasteiger partial charge >= 0.3 is 13.8 Å². The van der Waals surface area contributed by atoms with Crippen LogP contribution < -0.4 is 10.2 Å². The van der Waals surface area contributed by atoms with Crippen LogP contribution in [0.25, 0.3) is 10.8 Å². The Labute approximate surface area is 181 Å². The van der Waals surface area contributed by atoms with Gasteiger partial charge in [0.2, 0.25) is 0 Å². The van der Waals surface area contributed by atoms with E-state index in [9.17, 15) is 27.9 Å². The number of rotatable bonds is 10. The van der Waals surface area contributed by atoms with E-state index in [4.69, 9.17) is 4.52 Å². The Morgan fingerprint density at radius 2 is 1.76 bits per heavy atom. The molecule has 0 aliphatic rings. The minimum atomic E-state index is -4.90. The van der Waals surface area contributed by atoms with Crippen molar-refractivity contribution in [2.24, 2.45) is 0 Å². The van der Waals surface area contributed by atoms with E-state index in [-0.39, 0.29) is 29.7 Å². The number of nitro groups is 1. The van der Waals surface area contributed by atoms with Crippen LogP contribution in [-0.4, -0.2) is 34.8 Å². The molecule has 0 aromatic heterocycles. The number of nitro benzene ring substituents is 1. The van der Waals surface area contributed by atoms with Crippen molar-refractivity contribution in [1.82, 2.24) is 10.2 Å². The molecule has 13 heteroatoms. The zero-order valence-corrected chi connectivity index (χ0v) is 18.9. The molecule has 160 valence electrons. The first-order chi connectivity index (χ1) is 13.6. The first kappa shape index (κ1) is 24.2. The fourth-order valence-corrected chi connectivity index (χ4v) is 5.18. The van der Waals surface area contributed by atoms with E-state index in [0.717, 1.165) is 12.1 Å². The van der Waals surface area contributed by atoms with Crippen LogP contribution in [0.3, 0.4) is 0 Å². The molecule has 29 heavy (non-hydrogen) atoms. The van der Waals surface area contributed by atoms with E-state index in [0.29, 0.717) is 16.0 Å². The third-order valence-electron chi connectivity index (χ3n) is 3.76. The average molecular weight is 563 g/mol. The van der Waals surface area contributed by atoms with Crippen LogP contribution in [0.2, 0.25) is 0 Å². The molecule has 1 atom stereocenters. The molecule has 0 saturated heterocycles. The van der Waals surface area contributed by atoms with Gasteiger partial charge in [-0.05, 0) is 17.0 Å². The summed E-state index contributed by atoms with van der Waals surface area (Å²) < 4.78 is 59.3. The van der Waals surface area contributed by atoms with Crippen molar-refractivity contribution in [2.75, 3.05) is 23.7 Å². The molecule has 2 aromatic carbocycles. The molecule has 2 rings (SSSR count). The van der Waals surface area contributed by atoms with E-state index in [2.05, 4.69) is 42.0 Å². The summed E-state index contributed by atoms with van der Waals surface area (Å²) >= 11 is 6.21. The molecule has 0 saturated carbocycles. The number of hydrogen-bond acceptors (Lipinski definition) is 4. The molecule has 1 unspecified atom stereocenters. The fraction of sp³-hybridized carbons (Fsp3) is 0.375. The van der Waals surface area contributed by atoms with Crippen molar-refractivity contribution in [3.05, 3.63) is 52.1 Å². The predicted molar refractivity (Wildman–Crippen MR) is 112 cm³/mol. The van der Waals surface area contributed by atoms with Crippen molar-refractivity contribution in [2.45, 2.75) is 12.3 Å². The van der Waals surface area contributed by atoms with Gasteiger partial charge < -0.3 is 0 Å². The van der Waals surface area contributed by atoms with Gasteiger partial charge in [0.1, 0.15) is 0 Å². The Kier molecular flexibility index (Phi) is 8.62. The molecule has 0 spiro atoms. The molecule has 0 aliphatic carbocycles. The van der Waals surface area contributed by atoms with Crippen LogP contribution in [0.1, 0.15) is 11.7 Å². The van der Waals surface area contributed by atoms with Crippen LogP contribution in [0.4, 0.5) is 18.9 Å². The molecular weight excluding hydrogens is 546 g/mol. The number of non-ortho nitro benzene ring substituents is 1. The summed E-state index contributed by atoms with van der Waals surface area (Å²) in [5, 5.41) is 17.3. The highest BCUT2D eigenvalue weighted by molar-refractivity contribution is 9.09. The van der Waals surface area contributed by atoms with Gasteiger partial charge in [-0.25, -0.2) is 10.2 Å². The molecule has 0 bridgehead atoms. The lowest BCUT2D eigenvalue weighted by molar-refractivity contribution is -0.383. The average Bonchev–Trinajstić information content (AvgIpc) is 2.67. The maximum atomic E-state index is 13.8. The highest BCUT2D eigenvalue weighted by atomic mass is 79.9. The summed E-state index contributed by atoms with van der Waals surface area (Å²) in [4.78, 5) is 10.6. The second-order valence-electron chi connectivity index (χ2n) is 5.79. The minimum Gasteiger partial charge on any atom is -0.288 e. The molecule has 0 heterocycles. The third kappa shape index (κ3) is 6.47. The largest absolute Gasteiger partial charge is 0.419 e. The molecule has 7 nitrogen and oxygen atoms in total. The number of hydrogen-bond donors (Lipinski definition) is 2. The topological polar surface area (TPSA) is 93.5 Å².